The molecule has 0 radical (unpaired) electrons. The van der Waals surface area contributed by atoms with Gasteiger partial charge in [0, 0.05) is 38.8 Å². The third kappa shape index (κ3) is 5.67. The van der Waals surface area contributed by atoms with Crippen LogP contribution >= 0.6 is 12.4 Å². The molecule has 144 valence electrons. The van der Waals surface area contributed by atoms with Gasteiger partial charge in [-0.2, -0.15) is 0 Å². The summed E-state index contributed by atoms with van der Waals surface area (Å²) >= 11 is 0. The predicted octanol–water partition coefficient (Wildman–Crippen LogP) is 1.13. The molecule has 1 aliphatic heterocycles. The minimum Gasteiger partial charge on any atom is -0.355 e. The summed E-state index contributed by atoms with van der Waals surface area (Å²) in [4.78, 5) is 37.4. The van der Waals surface area contributed by atoms with E-state index in [1.54, 1.807) is 0 Å². The molecule has 1 aromatic carbocycles. The fourth-order valence-electron chi connectivity index (χ4n) is 2.86. The number of benzene rings is 1. The molecule has 0 aromatic heterocycles. The van der Waals surface area contributed by atoms with E-state index in [0.29, 0.717) is 38.2 Å². The van der Waals surface area contributed by atoms with E-state index in [-0.39, 0.29) is 42.2 Å². The maximum atomic E-state index is 14.1. The molecule has 1 unspecified atom stereocenters. The predicted molar refractivity (Wildman–Crippen MR) is 98.6 cm³/mol. The van der Waals surface area contributed by atoms with Crippen LogP contribution in [0.2, 0.25) is 0 Å². The quantitative estimate of drug-likeness (QED) is 0.705. The lowest BCUT2D eigenvalue weighted by molar-refractivity contribution is -0.126. The zero-order valence-electron chi connectivity index (χ0n) is 14.6. The van der Waals surface area contributed by atoms with Gasteiger partial charge >= 0.3 is 0 Å². The number of nitrogens with one attached hydrogen (secondary N) is 2. The number of nitrogens with zero attached hydrogens (tertiary/aromatic N) is 1. The molecule has 0 aliphatic carbocycles. The second-order valence-corrected chi connectivity index (χ2v) is 6.05. The molecule has 0 saturated carbocycles. The summed E-state index contributed by atoms with van der Waals surface area (Å²) in [5.41, 5.74) is 5.61. The van der Waals surface area contributed by atoms with Crippen molar-refractivity contribution in [3.63, 3.8) is 0 Å². The van der Waals surface area contributed by atoms with Gasteiger partial charge in [0.25, 0.3) is 5.91 Å². The Labute approximate surface area is 157 Å². The Morgan fingerprint density at radius 3 is 2.73 bits per heavy atom. The maximum Gasteiger partial charge on any atom is 0.256 e. The average Bonchev–Trinajstić information content (AvgIpc) is 2.60. The largest absolute Gasteiger partial charge is 0.355 e. The van der Waals surface area contributed by atoms with Crippen molar-refractivity contribution < 1.29 is 18.8 Å². The second-order valence-electron chi connectivity index (χ2n) is 6.05. The fraction of sp³-hybridized carbons (Fsp3) is 0.471. The first kappa shape index (κ1) is 21.9. The van der Waals surface area contributed by atoms with E-state index < -0.39 is 11.7 Å². The monoisotopic (exact) mass is 386 g/mol. The zero-order valence-corrected chi connectivity index (χ0v) is 15.4. The Morgan fingerprint density at radius 1 is 1.35 bits per heavy atom. The van der Waals surface area contributed by atoms with Gasteiger partial charge < -0.3 is 21.3 Å². The molecular formula is C17H24ClFN4O3. The summed E-state index contributed by atoms with van der Waals surface area (Å²) in [6.45, 7) is 2.77. The first-order chi connectivity index (χ1) is 11.9. The molecule has 1 aromatic rings. The van der Waals surface area contributed by atoms with Crippen LogP contribution in [-0.4, -0.2) is 48.8 Å². The molecule has 0 bridgehead atoms. The molecule has 3 amide bonds. The van der Waals surface area contributed by atoms with Crippen molar-refractivity contribution in [3.05, 3.63) is 29.6 Å². The SMILES string of the molecule is CC(=O)Nc1ccc(F)c(C(=O)N2CCCC(C(=O)NCCN)C2)c1.Cl. The molecule has 1 saturated heterocycles. The minimum absolute atomic E-state index is 0. The highest BCUT2D eigenvalue weighted by molar-refractivity contribution is 5.97. The van der Waals surface area contributed by atoms with Crippen molar-refractivity contribution in [2.24, 2.45) is 11.7 Å². The Hall–Kier alpha value is -2.19. The van der Waals surface area contributed by atoms with E-state index in [4.69, 9.17) is 5.73 Å². The van der Waals surface area contributed by atoms with E-state index in [0.717, 1.165) is 6.07 Å². The van der Waals surface area contributed by atoms with Crippen LogP contribution in [0.3, 0.4) is 0 Å². The van der Waals surface area contributed by atoms with Gasteiger partial charge in [-0.1, -0.05) is 0 Å². The van der Waals surface area contributed by atoms with Crippen molar-refractivity contribution >= 4 is 35.8 Å². The number of anilines is 1. The fourth-order valence-corrected chi connectivity index (χ4v) is 2.86. The summed E-state index contributed by atoms with van der Waals surface area (Å²) in [5, 5.41) is 5.25. The molecule has 4 N–H and O–H groups in total. The van der Waals surface area contributed by atoms with Gasteiger partial charge in [-0.25, -0.2) is 4.39 Å². The third-order valence-electron chi connectivity index (χ3n) is 4.04. The van der Waals surface area contributed by atoms with Gasteiger partial charge in [-0.3, -0.25) is 14.4 Å². The lowest BCUT2D eigenvalue weighted by Crippen LogP contribution is -2.46. The molecule has 1 fully saturated rings. The van der Waals surface area contributed by atoms with Crippen LogP contribution in [0.4, 0.5) is 10.1 Å². The van der Waals surface area contributed by atoms with Gasteiger partial charge in [0.05, 0.1) is 11.5 Å². The van der Waals surface area contributed by atoms with Crippen molar-refractivity contribution in [3.8, 4) is 0 Å². The van der Waals surface area contributed by atoms with E-state index >= 15 is 0 Å². The highest BCUT2D eigenvalue weighted by atomic mass is 35.5. The van der Waals surface area contributed by atoms with Gasteiger partial charge in [-0.05, 0) is 31.0 Å². The van der Waals surface area contributed by atoms with Crippen LogP contribution in [0, 0.1) is 11.7 Å². The third-order valence-corrected chi connectivity index (χ3v) is 4.04. The van der Waals surface area contributed by atoms with E-state index in [1.807, 2.05) is 0 Å². The maximum absolute atomic E-state index is 14.1. The summed E-state index contributed by atoms with van der Waals surface area (Å²) in [6.07, 6.45) is 1.34. The molecule has 0 spiro atoms. The van der Waals surface area contributed by atoms with Crippen LogP contribution in [0.5, 0.6) is 0 Å². The van der Waals surface area contributed by atoms with Crippen molar-refractivity contribution in [2.75, 3.05) is 31.5 Å². The highest BCUT2D eigenvalue weighted by Crippen LogP contribution is 2.22. The molecule has 1 aliphatic rings. The summed E-state index contributed by atoms with van der Waals surface area (Å²) in [7, 11) is 0. The lowest BCUT2D eigenvalue weighted by Gasteiger charge is -2.32. The minimum atomic E-state index is -0.659. The number of nitrogens with two attached hydrogens (primary N) is 1. The smallest absolute Gasteiger partial charge is 0.256 e. The molecule has 1 heterocycles. The Morgan fingerprint density at radius 2 is 2.08 bits per heavy atom. The normalized spacial score (nSPS) is 16.4. The molecule has 9 heteroatoms. The van der Waals surface area contributed by atoms with Crippen molar-refractivity contribution in [2.45, 2.75) is 19.8 Å². The molecule has 7 nitrogen and oxygen atoms in total. The Bertz CT molecular complexity index is 671. The lowest BCUT2D eigenvalue weighted by atomic mass is 9.96. The van der Waals surface area contributed by atoms with Crippen LogP contribution < -0.4 is 16.4 Å². The summed E-state index contributed by atoms with van der Waals surface area (Å²) in [6, 6.07) is 3.86. The Balaban J connectivity index is 0.00000338. The van der Waals surface area contributed by atoms with Crippen LogP contribution in [0.15, 0.2) is 18.2 Å². The van der Waals surface area contributed by atoms with Gasteiger partial charge in [0.1, 0.15) is 5.82 Å². The molecule has 2 rings (SSSR count). The number of piperidine rings is 1. The van der Waals surface area contributed by atoms with Gasteiger partial charge in [0.2, 0.25) is 11.8 Å². The first-order valence-electron chi connectivity index (χ1n) is 8.26. The number of amides is 3. The standard InChI is InChI=1S/C17H23FN4O3.ClH/c1-11(23)21-13-4-5-15(18)14(9-13)17(25)22-8-2-3-12(10-22)16(24)20-7-6-19;/h4-5,9,12H,2-3,6-8,10,19H2,1H3,(H,20,24)(H,21,23);1H. The zero-order chi connectivity index (χ0) is 18.4. The molecular weight excluding hydrogens is 363 g/mol. The average molecular weight is 387 g/mol. The topological polar surface area (TPSA) is 105 Å². The molecule has 1 atom stereocenters. The Kier molecular flexibility index (Phi) is 8.47. The van der Waals surface area contributed by atoms with Crippen LogP contribution in [-0.2, 0) is 9.59 Å². The van der Waals surface area contributed by atoms with Gasteiger partial charge in [-0.15, -0.1) is 12.4 Å². The number of hydrogen-bond donors (Lipinski definition) is 3. The number of hydrogen-bond acceptors (Lipinski definition) is 4. The number of rotatable bonds is 5. The van der Waals surface area contributed by atoms with Crippen LogP contribution in [0.25, 0.3) is 0 Å². The van der Waals surface area contributed by atoms with Crippen molar-refractivity contribution in [1.82, 2.24) is 10.2 Å². The van der Waals surface area contributed by atoms with Crippen LogP contribution in [0.1, 0.15) is 30.1 Å². The number of halogens is 2. The number of likely N-dealkylation sites (tertiary alicyclic amines) is 1. The van der Waals surface area contributed by atoms with E-state index in [1.165, 1.54) is 24.0 Å². The number of carbonyl (C=O) groups is 3. The summed E-state index contributed by atoms with van der Waals surface area (Å²) in [5.74, 6) is -1.92. The van der Waals surface area contributed by atoms with E-state index in [9.17, 15) is 18.8 Å². The molecule has 26 heavy (non-hydrogen) atoms. The van der Waals surface area contributed by atoms with E-state index in [2.05, 4.69) is 10.6 Å². The summed E-state index contributed by atoms with van der Waals surface area (Å²) < 4.78 is 14.1. The second kappa shape index (κ2) is 10.1. The van der Waals surface area contributed by atoms with Gasteiger partial charge in [0.15, 0.2) is 0 Å². The first-order valence-corrected chi connectivity index (χ1v) is 8.26. The highest BCUT2D eigenvalue weighted by Gasteiger charge is 2.29. The van der Waals surface area contributed by atoms with Crippen molar-refractivity contribution in [1.29, 1.82) is 0 Å². The number of carbonyl (C=O) groups excluding carboxylic acids is 3.